The predicted molar refractivity (Wildman–Crippen MR) is 79.5 cm³/mol. The van der Waals surface area contributed by atoms with Crippen LogP contribution < -0.4 is 10.5 Å². The highest BCUT2D eigenvalue weighted by Gasteiger charge is 2.21. The van der Waals surface area contributed by atoms with Gasteiger partial charge >= 0.3 is 0 Å². The lowest BCUT2D eigenvalue weighted by Gasteiger charge is -2.10. The molecule has 5 nitrogen and oxygen atoms in total. The van der Waals surface area contributed by atoms with Crippen LogP contribution in [0, 0.1) is 11.8 Å². The van der Waals surface area contributed by atoms with Crippen molar-refractivity contribution in [1.29, 1.82) is 0 Å². The molecule has 0 fully saturated rings. The van der Waals surface area contributed by atoms with E-state index in [0.717, 1.165) is 0 Å². The average Bonchev–Trinajstić information content (AvgIpc) is 2.35. The van der Waals surface area contributed by atoms with Crippen LogP contribution in [-0.4, -0.2) is 35.2 Å². The largest absolute Gasteiger partial charge is 0.383 e. The highest BCUT2D eigenvalue weighted by molar-refractivity contribution is 7.89. The normalized spacial score (nSPS) is 11.0. The van der Waals surface area contributed by atoms with Gasteiger partial charge in [0, 0.05) is 19.2 Å². The van der Waals surface area contributed by atoms with E-state index in [-0.39, 0.29) is 34.6 Å². The van der Waals surface area contributed by atoms with Gasteiger partial charge in [-0.2, -0.15) is 0 Å². The molecule has 1 aromatic rings. The molecule has 0 saturated carbocycles. The summed E-state index contributed by atoms with van der Waals surface area (Å²) in [6, 6.07) is 2.86. The van der Waals surface area contributed by atoms with Crippen LogP contribution in [0.2, 0.25) is 10.0 Å². The lowest BCUT2D eigenvalue weighted by Crippen LogP contribution is -2.27. The maximum atomic E-state index is 12.1. The Morgan fingerprint density at radius 1 is 1.35 bits per heavy atom. The number of nitrogens with two attached hydrogens (primary N) is 1. The van der Waals surface area contributed by atoms with E-state index in [1.165, 1.54) is 19.2 Å². The van der Waals surface area contributed by atoms with E-state index in [9.17, 15) is 8.42 Å². The standard InChI is InChI=1S/C12H14Cl2N2O3S/c1-19-6-5-16-20(17,18)12-10(13)7-9(3-2-4-15)8-11(12)14/h7-8,16H,4-6,15H2,1H3. The monoisotopic (exact) mass is 336 g/mol. The highest BCUT2D eigenvalue weighted by atomic mass is 35.5. The summed E-state index contributed by atoms with van der Waals surface area (Å²) in [6.07, 6.45) is 0. The Balaban J connectivity index is 3.13. The van der Waals surface area contributed by atoms with Gasteiger partial charge in [-0.3, -0.25) is 0 Å². The number of hydrogen-bond donors (Lipinski definition) is 2. The molecule has 0 amide bonds. The third kappa shape index (κ3) is 4.63. The van der Waals surface area contributed by atoms with Gasteiger partial charge < -0.3 is 10.5 Å². The summed E-state index contributed by atoms with van der Waals surface area (Å²) in [5, 5.41) is 0.00692. The first kappa shape index (κ1) is 17.2. The number of ether oxygens (including phenoxy) is 1. The SMILES string of the molecule is COCCNS(=O)(=O)c1c(Cl)cc(C#CCN)cc1Cl. The van der Waals surface area contributed by atoms with Gasteiger partial charge in [-0.1, -0.05) is 35.0 Å². The smallest absolute Gasteiger partial charge is 0.243 e. The second kappa shape index (κ2) is 7.84. The van der Waals surface area contributed by atoms with Crippen molar-refractivity contribution >= 4 is 33.2 Å². The van der Waals surface area contributed by atoms with Crippen molar-refractivity contribution in [3.8, 4) is 11.8 Å². The second-order valence-corrected chi connectivity index (χ2v) is 6.18. The minimum Gasteiger partial charge on any atom is -0.383 e. The molecule has 0 aromatic heterocycles. The molecule has 8 heteroatoms. The van der Waals surface area contributed by atoms with Crippen molar-refractivity contribution in [1.82, 2.24) is 4.72 Å². The molecule has 1 rings (SSSR count). The van der Waals surface area contributed by atoms with Crippen molar-refractivity contribution in [2.24, 2.45) is 5.73 Å². The van der Waals surface area contributed by atoms with Crippen molar-refractivity contribution in [3.05, 3.63) is 27.7 Å². The molecule has 20 heavy (non-hydrogen) atoms. The molecule has 0 aliphatic rings. The average molecular weight is 337 g/mol. The van der Waals surface area contributed by atoms with E-state index in [2.05, 4.69) is 16.6 Å². The quantitative estimate of drug-likeness (QED) is 0.625. The molecule has 0 heterocycles. The minimum atomic E-state index is -3.80. The van der Waals surface area contributed by atoms with E-state index in [4.69, 9.17) is 33.7 Å². The fourth-order valence-corrected chi connectivity index (χ4v) is 3.62. The van der Waals surface area contributed by atoms with Crippen molar-refractivity contribution in [3.63, 3.8) is 0 Å². The molecule has 0 bridgehead atoms. The van der Waals surface area contributed by atoms with E-state index < -0.39 is 10.0 Å². The Labute approximate surface area is 128 Å². The fourth-order valence-electron chi connectivity index (χ4n) is 1.39. The van der Waals surface area contributed by atoms with Crippen LogP contribution in [0.15, 0.2) is 17.0 Å². The van der Waals surface area contributed by atoms with Gasteiger partial charge in [0.1, 0.15) is 4.90 Å². The summed E-state index contributed by atoms with van der Waals surface area (Å²) in [7, 11) is -2.33. The zero-order chi connectivity index (χ0) is 15.2. The van der Waals surface area contributed by atoms with Crippen LogP contribution >= 0.6 is 23.2 Å². The first-order valence-corrected chi connectivity index (χ1v) is 7.83. The Bertz CT molecular complexity index is 613. The molecule has 0 radical (unpaired) electrons. The second-order valence-electron chi connectivity index (χ2n) is 3.67. The third-order valence-electron chi connectivity index (χ3n) is 2.20. The van der Waals surface area contributed by atoms with Crippen LogP contribution in [0.4, 0.5) is 0 Å². The Hall–Kier alpha value is -0.810. The Kier molecular flexibility index (Phi) is 6.76. The number of methoxy groups -OCH3 is 1. The van der Waals surface area contributed by atoms with E-state index in [1.807, 2.05) is 0 Å². The molecule has 3 N–H and O–H groups in total. The summed E-state index contributed by atoms with van der Waals surface area (Å²) in [5.74, 6) is 5.38. The highest BCUT2D eigenvalue weighted by Crippen LogP contribution is 2.30. The lowest BCUT2D eigenvalue weighted by atomic mass is 10.2. The van der Waals surface area contributed by atoms with E-state index >= 15 is 0 Å². The van der Waals surface area contributed by atoms with Gasteiger partial charge in [0.05, 0.1) is 23.2 Å². The van der Waals surface area contributed by atoms with Gasteiger partial charge in [-0.15, -0.1) is 0 Å². The summed E-state index contributed by atoms with van der Waals surface area (Å²) >= 11 is 12.0. The van der Waals surface area contributed by atoms with Crippen molar-refractivity contribution in [2.75, 3.05) is 26.8 Å². The third-order valence-corrected chi connectivity index (χ3v) is 4.58. The molecule has 0 saturated heterocycles. The molecule has 0 aliphatic carbocycles. The van der Waals surface area contributed by atoms with E-state index in [1.54, 1.807) is 0 Å². The molecular formula is C12H14Cl2N2O3S. The number of rotatable bonds is 5. The van der Waals surface area contributed by atoms with Crippen LogP contribution in [0.1, 0.15) is 5.56 Å². The first-order valence-electron chi connectivity index (χ1n) is 5.59. The van der Waals surface area contributed by atoms with Crippen LogP contribution in [0.25, 0.3) is 0 Å². The summed E-state index contributed by atoms with van der Waals surface area (Å²) in [5.41, 5.74) is 5.76. The van der Waals surface area contributed by atoms with Crippen LogP contribution in [0.3, 0.4) is 0 Å². The molecular weight excluding hydrogens is 323 g/mol. The zero-order valence-corrected chi connectivity index (χ0v) is 13.1. The molecule has 0 spiro atoms. The van der Waals surface area contributed by atoms with Gasteiger partial charge in [0.25, 0.3) is 0 Å². The number of halogens is 2. The molecule has 0 unspecified atom stereocenters. The van der Waals surface area contributed by atoms with Crippen LogP contribution in [0.5, 0.6) is 0 Å². The fraction of sp³-hybridized carbons (Fsp3) is 0.333. The molecule has 0 aliphatic heterocycles. The van der Waals surface area contributed by atoms with E-state index in [0.29, 0.717) is 5.56 Å². The van der Waals surface area contributed by atoms with Crippen LogP contribution in [-0.2, 0) is 14.8 Å². The number of hydrogen-bond acceptors (Lipinski definition) is 4. The molecule has 0 atom stereocenters. The maximum absolute atomic E-state index is 12.1. The van der Waals surface area contributed by atoms with Gasteiger partial charge in [-0.25, -0.2) is 13.1 Å². The predicted octanol–water partition coefficient (Wildman–Crippen LogP) is 1.23. The Morgan fingerprint density at radius 3 is 2.45 bits per heavy atom. The zero-order valence-electron chi connectivity index (χ0n) is 10.7. The van der Waals surface area contributed by atoms with Gasteiger partial charge in [-0.05, 0) is 12.1 Å². The van der Waals surface area contributed by atoms with Gasteiger partial charge in [0.2, 0.25) is 10.0 Å². The topological polar surface area (TPSA) is 81.4 Å². The van der Waals surface area contributed by atoms with Crippen molar-refractivity contribution in [2.45, 2.75) is 4.90 Å². The lowest BCUT2D eigenvalue weighted by molar-refractivity contribution is 0.204. The number of benzene rings is 1. The summed E-state index contributed by atoms with van der Waals surface area (Å²) in [4.78, 5) is -0.171. The minimum absolute atomic E-state index is 0.00346. The van der Waals surface area contributed by atoms with Gasteiger partial charge in [0.15, 0.2) is 0 Å². The summed E-state index contributed by atoms with van der Waals surface area (Å²) < 4.78 is 31.3. The molecule has 1 aromatic carbocycles. The Morgan fingerprint density at radius 2 is 1.95 bits per heavy atom. The number of sulfonamides is 1. The first-order chi connectivity index (χ1) is 9.42. The van der Waals surface area contributed by atoms with Crippen molar-refractivity contribution < 1.29 is 13.2 Å². The maximum Gasteiger partial charge on any atom is 0.243 e. The molecule has 110 valence electrons. The number of nitrogens with one attached hydrogen (secondary N) is 1. The summed E-state index contributed by atoms with van der Waals surface area (Å²) in [6.45, 7) is 0.558.